The van der Waals surface area contributed by atoms with Crippen molar-refractivity contribution in [1.82, 2.24) is 15.1 Å². The summed E-state index contributed by atoms with van der Waals surface area (Å²) in [5, 5.41) is 10.8. The lowest BCUT2D eigenvalue weighted by atomic mass is 10.0. The number of rotatable bonds is 6. The van der Waals surface area contributed by atoms with Crippen LogP contribution in [0.5, 0.6) is 5.75 Å². The average Bonchev–Trinajstić information content (AvgIpc) is 3.04. The minimum atomic E-state index is -0.172. The SMILES string of the molecule is Cc1nn(-c2ccc(C(=O)NCCOc3ccc4c(c3)CCC(=O)N4)cc2)c(C)c1Cl. The zero-order valence-corrected chi connectivity index (χ0v) is 18.1. The fraction of sp³-hybridized carbons (Fsp3) is 0.261. The van der Waals surface area contributed by atoms with E-state index >= 15 is 0 Å². The van der Waals surface area contributed by atoms with Gasteiger partial charge in [0.05, 0.1) is 28.6 Å². The van der Waals surface area contributed by atoms with E-state index in [1.165, 1.54) is 0 Å². The van der Waals surface area contributed by atoms with Crippen LogP contribution in [0.25, 0.3) is 5.69 Å². The molecule has 4 rings (SSSR count). The summed E-state index contributed by atoms with van der Waals surface area (Å²) in [6, 6.07) is 12.8. The predicted octanol–water partition coefficient (Wildman–Crippen LogP) is 3.84. The summed E-state index contributed by atoms with van der Waals surface area (Å²) in [5.41, 5.74) is 4.92. The predicted molar refractivity (Wildman–Crippen MR) is 119 cm³/mol. The molecule has 0 spiro atoms. The molecule has 0 saturated carbocycles. The summed E-state index contributed by atoms with van der Waals surface area (Å²) in [6.45, 7) is 4.49. The van der Waals surface area contributed by atoms with E-state index in [0.717, 1.165) is 34.1 Å². The van der Waals surface area contributed by atoms with E-state index in [1.54, 1.807) is 16.8 Å². The van der Waals surface area contributed by atoms with Crippen molar-refractivity contribution in [2.45, 2.75) is 26.7 Å². The number of aryl methyl sites for hydroxylation is 2. The van der Waals surface area contributed by atoms with Gasteiger partial charge in [-0.1, -0.05) is 11.6 Å². The second-order valence-electron chi connectivity index (χ2n) is 7.41. The van der Waals surface area contributed by atoms with Gasteiger partial charge in [0.25, 0.3) is 5.91 Å². The number of nitrogens with zero attached hydrogens (tertiary/aromatic N) is 2. The minimum absolute atomic E-state index is 0.0376. The fourth-order valence-corrected chi connectivity index (χ4v) is 3.63. The summed E-state index contributed by atoms with van der Waals surface area (Å²) >= 11 is 6.21. The Morgan fingerprint density at radius 3 is 2.68 bits per heavy atom. The number of halogens is 1. The molecule has 2 aromatic carbocycles. The number of anilines is 1. The third-order valence-electron chi connectivity index (χ3n) is 5.21. The molecule has 1 aliphatic rings. The quantitative estimate of drug-likeness (QED) is 0.573. The number of ether oxygens (including phenoxy) is 1. The van der Waals surface area contributed by atoms with Crippen molar-refractivity contribution in [3.05, 3.63) is 70.0 Å². The molecule has 0 aliphatic carbocycles. The summed E-state index contributed by atoms with van der Waals surface area (Å²) < 4.78 is 7.50. The van der Waals surface area contributed by atoms with Crippen LogP contribution in [-0.4, -0.2) is 34.7 Å². The second kappa shape index (κ2) is 8.81. The number of benzene rings is 2. The van der Waals surface area contributed by atoms with Crippen LogP contribution in [0.3, 0.4) is 0 Å². The van der Waals surface area contributed by atoms with Gasteiger partial charge in [-0.15, -0.1) is 0 Å². The maximum atomic E-state index is 12.4. The number of fused-ring (bicyclic) bond motifs is 1. The molecule has 31 heavy (non-hydrogen) atoms. The number of carbonyl (C=O) groups is 2. The van der Waals surface area contributed by atoms with E-state index < -0.39 is 0 Å². The Bertz CT molecular complexity index is 1140. The lowest BCUT2D eigenvalue weighted by molar-refractivity contribution is -0.116. The number of amides is 2. The van der Waals surface area contributed by atoms with Crippen molar-refractivity contribution in [3.63, 3.8) is 0 Å². The number of nitrogens with one attached hydrogen (secondary N) is 2. The molecule has 2 amide bonds. The summed E-state index contributed by atoms with van der Waals surface area (Å²) in [6.07, 6.45) is 1.19. The first kappa shape index (κ1) is 20.9. The first-order chi connectivity index (χ1) is 14.9. The lowest BCUT2D eigenvalue weighted by Crippen LogP contribution is -2.28. The molecule has 8 heteroatoms. The largest absolute Gasteiger partial charge is 0.492 e. The molecule has 1 aromatic heterocycles. The third kappa shape index (κ3) is 4.56. The Kier molecular flexibility index (Phi) is 5.95. The monoisotopic (exact) mass is 438 g/mol. The van der Waals surface area contributed by atoms with Crippen LogP contribution in [0.1, 0.15) is 33.7 Å². The van der Waals surface area contributed by atoms with E-state index in [2.05, 4.69) is 15.7 Å². The van der Waals surface area contributed by atoms with Crippen molar-refractivity contribution in [2.75, 3.05) is 18.5 Å². The molecule has 3 aromatic rings. The van der Waals surface area contributed by atoms with Gasteiger partial charge >= 0.3 is 0 Å². The van der Waals surface area contributed by atoms with Gasteiger partial charge in [0.15, 0.2) is 0 Å². The Morgan fingerprint density at radius 1 is 1.19 bits per heavy atom. The van der Waals surface area contributed by atoms with Gasteiger partial charge < -0.3 is 15.4 Å². The molecule has 2 heterocycles. The number of hydrogen-bond acceptors (Lipinski definition) is 4. The van der Waals surface area contributed by atoms with E-state index in [1.807, 2.05) is 44.2 Å². The Labute approximate surface area is 185 Å². The van der Waals surface area contributed by atoms with E-state index in [9.17, 15) is 9.59 Å². The molecule has 0 radical (unpaired) electrons. The average molecular weight is 439 g/mol. The molecule has 2 N–H and O–H groups in total. The zero-order chi connectivity index (χ0) is 22.0. The van der Waals surface area contributed by atoms with Gasteiger partial charge in [-0.05, 0) is 68.3 Å². The highest BCUT2D eigenvalue weighted by molar-refractivity contribution is 6.31. The molecule has 1 aliphatic heterocycles. The summed E-state index contributed by atoms with van der Waals surface area (Å²) in [5.74, 6) is 0.585. The molecule has 0 bridgehead atoms. The second-order valence-corrected chi connectivity index (χ2v) is 7.79. The minimum Gasteiger partial charge on any atom is -0.492 e. The van der Waals surface area contributed by atoms with Gasteiger partial charge in [-0.3, -0.25) is 9.59 Å². The molecule has 0 unspecified atom stereocenters. The van der Waals surface area contributed by atoms with E-state index in [4.69, 9.17) is 16.3 Å². The first-order valence-electron chi connectivity index (χ1n) is 10.1. The maximum Gasteiger partial charge on any atom is 0.251 e. The number of carbonyl (C=O) groups excluding carboxylic acids is 2. The van der Waals surface area contributed by atoms with Gasteiger partial charge in [0, 0.05) is 17.7 Å². The Morgan fingerprint density at radius 2 is 1.97 bits per heavy atom. The van der Waals surface area contributed by atoms with E-state index in [0.29, 0.717) is 36.6 Å². The topological polar surface area (TPSA) is 85.2 Å². The molecule has 0 atom stereocenters. The standard InChI is InChI=1S/C23H23ClN4O3/c1-14-22(24)15(2)28(27-14)18-6-3-16(4-7-18)23(30)25-11-12-31-19-8-9-20-17(13-19)5-10-21(29)26-20/h3-4,6-9,13H,5,10-12H2,1-2H3,(H,25,30)(H,26,29). The van der Waals surface area contributed by atoms with Gasteiger partial charge in [-0.25, -0.2) is 4.68 Å². The van der Waals surface area contributed by atoms with Crippen LogP contribution in [0.15, 0.2) is 42.5 Å². The summed E-state index contributed by atoms with van der Waals surface area (Å²) in [7, 11) is 0. The van der Waals surface area contributed by atoms with Crippen molar-refractivity contribution in [2.24, 2.45) is 0 Å². The molecule has 0 fully saturated rings. The van der Waals surface area contributed by atoms with Gasteiger partial charge in [-0.2, -0.15) is 5.10 Å². The van der Waals surface area contributed by atoms with Gasteiger partial charge in [0.1, 0.15) is 12.4 Å². The first-order valence-corrected chi connectivity index (χ1v) is 10.5. The summed E-state index contributed by atoms with van der Waals surface area (Å²) in [4.78, 5) is 23.8. The van der Waals surface area contributed by atoms with E-state index in [-0.39, 0.29) is 11.8 Å². The number of aromatic nitrogens is 2. The van der Waals surface area contributed by atoms with Crippen molar-refractivity contribution in [1.29, 1.82) is 0 Å². The number of hydrogen-bond donors (Lipinski definition) is 2. The molecule has 7 nitrogen and oxygen atoms in total. The van der Waals surface area contributed by atoms with Crippen LogP contribution in [0, 0.1) is 13.8 Å². The van der Waals surface area contributed by atoms with Crippen molar-refractivity contribution in [3.8, 4) is 11.4 Å². The highest BCUT2D eigenvalue weighted by atomic mass is 35.5. The maximum absolute atomic E-state index is 12.4. The van der Waals surface area contributed by atoms with Crippen LogP contribution in [0.2, 0.25) is 5.02 Å². The van der Waals surface area contributed by atoms with Crippen LogP contribution < -0.4 is 15.4 Å². The van der Waals surface area contributed by atoms with Crippen molar-refractivity contribution < 1.29 is 14.3 Å². The molecule has 0 saturated heterocycles. The Balaban J connectivity index is 1.29. The van der Waals surface area contributed by atoms with Gasteiger partial charge in [0.2, 0.25) is 5.91 Å². The van der Waals surface area contributed by atoms with Crippen LogP contribution in [0.4, 0.5) is 5.69 Å². The normalized spacial score (nSPS) is 12.8. The molecular weight excluding hydrogens is 416 g/mol. The lowest BCUT2D eigenvalue weighted by Gasteiger charge is -2.17. The van der Waals surface area contributed by atoms with Crippen LogP contribution in [-0.2, 0) is 11.2 Å². The zero-order valence-electron chi connectivity index (χ0n) is 17.4. The smallest absolute Gasteiger partial charge is 0.251 e. The Hall–Kier alpha value is -3.32. The van der Waals surface area contributed by atoms with Crippen LogP contribution >= 0.6 is 11.6 Å². The fourth-order valence-electron chi connectivity index (χ4n) is 3.51. The van der Waals surface area contributed by atoms with Crippen molar-refractivity contribution >= 4 is 29.1 Å². The third-order valence-corrected chi connectivity index (χ3v) is 5.75. The molecule has 160 valence electrons. The molecular formula is C23H23ClN4O3. The highest BCUT2D eigenvalue weighted by Crippen LogP contribution is 2.26. The highest BCUT2D eigenvalue weighted by Gasteiger charge is 2.15.